The summed E-state index contributed by atoms with van der Waals surface area (Å²) < 4.78 is 13.4. The summed E-state index contributed by atoms with van der Waals surface area (Å²) in [6, 6.07) is 3.64. The molecule has 0 aliphatic rings. The number of benzene rings is 1. The van der Waals surface area contributed by atoms with Gasteiger partial charge in [-0.1, -0.05) is 23.8 Å². The Morgan fingerprint density at radius 2 is 2.08 bits per heavy atom. The van der Waals surface area contributed by atoms with E-state index in [1.807, 2.05) is 19.1 Å². The first-order valence-electron chi connectivity index (χ1n) is 4.28. The molecule has 0 spiro atoms. The van der Waals surface area contributed by atoms with Gasteiger partial charge in [-0.05, 0) is 25.5 Å². The van der Waals surface area contributed by atoms with E-state index in [1.165, 1.54) is 0 Å². The van der Waals surface area contributed by atoms with Gasteiger partial charge in [0.25, 0.3) is 0 Å². The van der Waals surface area contributed by atoms with Gasteiger partial charge in [-0.15, -0.1) is 0 Å². The molecule has 0 atom stereocenters. The molecule has 0 unspecified atom stereocenters. The highest BCUT2D eigenvalue weighted by Crippen LogP contribution is 2.16. The van der Waals surface area contributed by atoms with Crippen molar-refractivity contribution in [3.05, 3.63) is 40.7 Å². The Labute approximate surface area is 78.1 Å². The second-order valence-corrected chi connectivity index (χ2v) is 3.12. The summed E-state index contributed by atoms with van der Waals surface area (Å²) in [6.45, 7) is 4.15. The molecule has 2 N–H and O–H groups in total. The molecule has 0 fully saturated rings. The number of hydrogen-bond acceptors (Lipinski definition) is 1. The normalized spacial score (nSPS) is 11.1. The van der Waals surface area contributed by atoms with Crippen LogP contribution in [-0.2, 0) is 0 Å². The lowest BCUT2D eigenvalue weighted by Crippen LogP contribution is -1.94. The average molecular weight is 179 g/mol. The summed E-state index contributed by atoms with van der Waals surface area (Å²) in [5, 5.41) is 0. The molecule has 1 nitrogen and oxygen atoms in total. The zero-order valence-corrected chi connectivity index (χ0v) is 7.97. The Morgan fingerprint density at radius 3 is 2.69 bits per heavy atom. The maximum absolute atomic E-state index is 13.4. The van der Waals surface area contributed by atoms with E-state index >= 15 is 0 Å². The van der Waals surface area contributed by atoms with Gasteiger partial charge in [-0.25, -0.2) is 4.39 Å². The summed E-state index contributed by atoms with van der Waals surface area (Å²) in [5.74, 6) is -0.157. The van der Waals surface area contributed by atoms with E-state index in [4.69, 9.17) is 5.73 Å². The zero-order valence-electron chi connectivity index (χ0n) is 7.97. The van der Waals surface area contributed by atoms with Crippen molar-refractivity contribution in [2.45, 2.75) is 13.8 Å². The molecule has 1 aromatic carbocycles. The summed E-state index contributed by atoms with van der Waals surface area (Å²) in [7, 11) is 0. The average Bonchev–Trinajstić information content (AvgIpc) is 2.09. The minimum atomic E-state index is -0.157. The molecule has 0 radical (unpaired) electrons. The van der Waals surface area contributed by atoms with Crippen LogP contribution in [0, 0.1) is 19.7 Å². The van der Waals surface area contributed by atoms with Crippen molar-refractivity contribution in [1.29, 1.82) is 0 Å². The van der Waals surface area contributed by atoms with Crippen molar-refractivity contribution in [2.24, 2.45) is 5.73 Å². The number of halogens is 1. The molecule has 70 valence electrons. The van der Waals surface area contributed by atoms with Gasteiger partial charge >= 0.3 is 0 Å². The first-order chi connectivity index (χ1) is 6.15. The van der Waals surface area contributed by atoms with Crippen LogP contribution in [-0.4, -0.2) is 6.54 Å². The SMILES string of the molecule is Cc1cc(C)c(F)c(/C=C/CN)c1. The van der Waals surface area contributed by atoms with Crippen LogP contribution >= 0.6 is 0 Å². The van der Waals surface area contributed by atoms with E-state index in [-0.39, 0.29) is 5.82 Å². The fourth-order valence-corrected chi connectivity index (χ4v) is 1.30. The van der Waals surface area contributed by atoms with Gasteiger partial charge in [0, 0.05) is 12.1 Å². The largest absolute Gasteiger partial charge is 0.327 e. The monoisotopic (exact) mass is 179 g/mol. The fraction of sp³-hybridized carbons (Fsp3) is 0.273. The molecule has 0 bridgehead atoms. The molecule has 2 heteroatoms. The molecule has 0 saturated heterocycles. The molecule has 1 rings (SSSR count). The van der Waals surface area contributed by atoms with E-state index in [1.54, 1.807) is 19.1 Å². The second kappa shape index (κ2) is 4.19. The summed E-state index contributed by atoms with van der Waals surface area (Å²) >= 11 is 0. The number of rotatable bonds is 2. The van der Waals surface area contributed by atoms with Crippen LogP contribution in [0.25, 0.3) is 6.08 Å². The maximum atomic E-state index is 13.4. The molecule has 0 aromatic heterocycles. The summed E-state index contributed by atoms with van der Waals surface area (Å²) in [6.07, 6.45) is 3.46. The van der Waals surface area contributed by atoms with Crippen LogP contribution in [0.4, 0.5) is 4.39 Å². The second-order valence-electron chi connectivity index (χ2n) is 3.12. The minimum absolute atomic E-state index is 0.157. The molecule has 1 aromatic rings. The highest BCUT2D eigenvalue weighted by atomic mass is 19.1. The minimum Gasteiger partial charge on any atom is -0.327 e. The molecule has 13 heavy (non-hydrogen) atoms. The highest BCUT2D eigenvalue weighted by Gasteiger charge is 2.02. The van der Waals surface area contributed by atoms with Crippen molar-refractivity contribution >= 4 is 6.08 Å². The number of nitrogens with two attached hydrogens (primary N) is 1. The summed E-state index contributed by atoms with van der Waals surface area (Å²) in [5.41, 5.74) is 7.65. The molecule has 0 aliphatic carbocycles. The lowest BCUT2D eigenvalue weighted by Gasteiger charge is -2.02. The van der Waals surface area contributed by atoms with Crippen LogP contribution in [0.3, 0.4) is 0 Å². The first kappa shape index (κ1) is 9.93. The molecule has 0 heterocycles. The summed E-state index contributed by atoms with van der Waals surface area (Å²) in [4.78, 5) is 0. The van der Waals surface area contributed by atoms with Crippen LogP contribution in [0.15, 0.2) is 18.2 Å². The van der Waals surface area contributed by atoms with Crippen LogP contribution in [0.5, 0.6) is 0 Å². The standard InChI is InChI=1S/C11H14FN/c1-8-6-9(2)11(12)10(7-8)4-3-5-13/h3-4,6-7H,5,13H2,1-2H3/b4-3+. The Kier molecular flexibility index (Phi) is 3.20. The third-order valence-electron chi connectivity index (χ3n) is 1.86. The fourth-order valence-electron chi connectivity index (χ4n) is 1.30. The molecular weight excluding hydrogens is 165 g/mol. The molecular formula is C11H14FN. The van der Waals surface area contributed by atoms with Crippen LogP contribution < -0.4 is 5.73 Å². The van der Waals surface area contributed by atoms with Crippen LogP contribution in [0.1, 0.15) is 16.7 Å². The van der Waals surface area contributed by atoms with Gasteiger partial charge in [-0.2, -0.15) is 0 Å². The van der Waals surface area contributed by atoms with Gasteiger partial charge in [0.1, 0.15) is 5.82 Å². The van der Waals surface area contributed by atoms with Crippen molar-refractivity contribution < 1.29 is 4.39 Å². The number of aryl methyl sites for hydroxylation is 2. The van der Waals surface area contributed by atoms with Crippen molar-refractivity contribution in [3.8, 4) is 0 Å². The number of hydrogen-bond donors (Lipinski definition) is 1. The van der Waals surface area contributed by atoms with Gasteiger partial charge in [0.15, 0.2) is 0 Å². The smallest absolute Gasteiger partial charge is 0.133 e. The van der Waals surface area contributed by atoms with Crippen molar-refractivity contribution in [1.82, 2.24) is 0 Å². The van der Waals surface area contributed by atoms with Gasteiger partial charge in [0.2, 0.25) is 0 Å². The zero-order chi connectivity index (χ0) is 9.84. The maximum Gasteiger partial charge on any atom is 0.133 e. The van der Waals surface area contributed by atoms with Gasteiger partial charge < -0.3 is 5.73 Å². The highest BCUT2D eigenvalue weighted by molar-refractivity contribution is 5.53. The topological polar surface area (TPSA) is 26.0 Å². The molecule has 0 amide bonds. The van der Waals surface area contributed by atoms with E-state index in [9.17, 15) is 4.39 Å². The van der Waals surface area contributed by atoms with Gasteiger partial charge in [-0.3, -0.25) is 0 Å². The Bertz CT molecular complexity index is 329. The predicted molar refractivity (Wildman–Crippen MR) is 54.0 cm³/mol. The van der Waals surface area contributed by atoms with Crippen molar-refractivity contribution in [2.75, 3.05) is 6.54 Å². The van der Waals surface area contributed by atoms with E-state index in [0.717, 1.165) is 5.56 Å². The Morgan fingerprint density at radius 1 is 1.38 bits per heavy atom. The van der Waals surface area contributed by atoms with E-state index < -0.39 is 0 Å². The Balaban J connectivity index is 3.12. The predicted octanol–water partition coefficient (Wildman–Crippen LogP) is 2.41. The van der Waals surface area contributed by atoms with Crippen LogP contribution in [0.2, 0.25) is 0 Å². The van der Waals surface area contributed by atoms with E-state index in [2.05, 4.69) is 0 Å². The lowest BCUT2D eigenvalue weighted by atomic mass is 10.1. The quantitative estimate of drug-likeness (QED) is 0.741. The Hall–Kier alpha value is -1.15. The third kappa shape index (κ3) is 2.39. The van der Waals surface area contributed by atoms with Gasteiger partial charge in [0.05, 0.1) is 0 Å². The van der Waals surface area contributed by atoms with Crippen molar-refractivity contribution in [3.63, 3.8) is 0 Å². The molecule has 0 saturated carbocycles. The van der Waals surface area contributed by atoms with E-state index in [0.29, 0.717) is 17.7 Å². The third-order valence-corrected chi connectivity index (χ3v) is 1.86. The lowest BCUT2D eigenvalue weighted by molar-refractivity contribution is 0.615. The first-order valence-corrected chi connectivity index (χ1v) is 4.28. The molecule has 0 aliphatic heterocycles.